The highest BCUT2D eigenvalue weighted by molar-refractivity contribution is 8.01. The summed E-state index contributed by atoms with van der Waals surface area (Å²) in [5, 5.41) is 21.3. The highest BCUT2D eigenvalue weighted by atomic mass is 35.5. The van der Waals surface area contributed by atoms with Gasteiger partial charge in [0.05, 0.1) is 11.3 Å². The largest absolute Gasteiger partial charge is 0.330 e. The molecule has 1 unspecified atom stereocenters. The van der Waals surface area contributed by atoms with Crippen LogP contribution in [0.1, 0.15) is 12.5 Å². The van der Waals surface area contributed by atoms with Crippen LogP contribution in [0, 0.1) is 18.3 Å². The minimum Gasteiger partial charge on any atom is -0.330 e. The Morgan fingerprint density at radius 1 is 1.47 bits per heavy atom. The van der Waals surface area contributed by atoms with Gasteiger partial charge in [0.2, 0.25) is 5.13 Å². The van der Waals surface area contributed by atoms with Crippen molar-refractivity contribution in [2.45, 2.75) is 23.4 Å². The molecule has 0 amide bonds. The molecule has 1 atom stereocenters. The van der Waals surface area contributed by atoms with Gasteiger partial charge < -0.3 is 5.32 Å². The van der Waals surface area contributed by atoms with Gasteiger partial charge in [0, 0.05) is 10.7 Å². The molecule has 1 aromatic carbocycles. The number of hydrogen-bond donors (Lipinski definition) is 1. The number of benzene rings is 1. The Morgan fingerprint density at radius 2 is 2.26 bits per heavy atom. The molecule has 19 heavy (non-hydrogen) atoms. The van der Waals surface area contributed by atoms with Crippen LogP contribution in [0.25, 0.3) is 0 Å². The van der Waals surface area contributed by atoms with Gasteiger partial charge >= 0.3 is 0 Å². The van der Waals surface area contributed by atoms with E-state index in [0.717, 1.165) is 15.6 Å². The standard InChI is InChI=1S/C12H11ClN4S2/c1-7(6-14)18-12-17-16-11(19-12)15-10-5-3-4-9(13)8(10)2/h3-5,7H,1-2H3,(H,15,16). The van der Waals surface area contributed by atoms with Crippen LogP contribution in [0.15, 0.2) is 22.5 Å². The second-order valence-corrected chi connectivity index (χ2v) is 6.77. The fourth-order valence-electron chi connectivity index (χ4n) is 1.34. The van der Waals surface area contributed by atoms with E-state index >= 15 is 0 Å². The predicted octanol–water partition coefficient (Wildman–Crippen LogP) is 4.25. The molecule has 0 aliphatic heterocycles. The molecule has 1 aromatic heterocycles. The Bertz CT molecular complexity index is 620. The molecule has 98 valence electrons. The van der Waals surface area contributed by atoms with Crippen LogP contribution >= 0.6 is 34.7 Å². The number of nitrogens with one attached hydrogen (secondary N) is 1. The summed E-state index contributed by atoms with van der Waals surface area (Å²) in [5.41, 5.74) is 1.88. The van der Waals surface area contributed by atoms with Gasteiger partial charge in [-0.15, -0.1) is 10.2 Å². The topological polar surface area (TPSA) is 61.6 Å². The minimum absolute atomic E-state index is 0.131. The normalized spacial score (nSPS) is 11.9. The Balaban J connectivity index is 2.12. The number of nitrogens with zero attached hydrogens (tertiary/aromatic N) is 3. The van der Waals surface area contributed by atoms with Crippen molar-refractivity contribution >= 4 is 45.5 Å². The van der Waals surface area contributed by atoms with Gasteiger partial charge in [0.25, 0.3) is 0 Å². The predicted molar refractivity (Wildman–Crippen MR) is 80.3 cm³/mol. The van der Waals surface area contributed by atoms with Crippen molar-refractivity contribution < 1.29 is 0 Å². The highest BCUT2D eigenvalue weighted by Crippen LogP contribution is 2.32. The lowest BCUT2D eigenvalue weighted by atomic mass is 10.2. The number of halogens is 1. The van der Waals surface area contributed by atoms with Crippen LogP contribution < -0.4 is 5.32 Å². The molecule has 0 saturated carbocycles. The zero-order valence-electron chi connectivity index (χ0n) is 10.3. The summed E-state index contributed by atoms with van der Waals surface area (Å²) >= 11 is 8.88. The van der Waals surface area contributed by atoms with Crippen LogP contribution in [0.5, 0.6) is 0 Å². The fraction of sp³-hybridized carbons (Fsp3) is 0.250. The first-order valence-corrected chi connectivity index (χ1v) is 7.59. The Morgan fingerprint density at radius 3 is 3.00 bits per heavy atom. The van der Waals surface area contributed by atoms with Crippen molar-refractivity contribution in [2.75, 3.05) is 5.32 Å². The average Bonchev–Trinajstić information content (AvgIpc) is 2.82. The van der Waals surface area contributed by atoms with Crippen LogP contribution in [0.2, 0.25) is 5.02 Å². The van der Waals surface area contributed by atoms with Crippen LogP contribution in [-0.4, -0.2) is 15.4 Å². The molecule has 0 aliphatic carbocycles. The Kier molecular flexibility index (Phi) is 4.64. The molecule has 7 heteroatoms. The van der Waals surface area contributed by atoms with Crippen molar-refractivity contribution in [2.24, 2.45) is 0 Å². The fourth-order valence-corrected chi connectivity index (χ4v) is 3.31. The molecule has 0 fully saturated rings. The first-order chi connectivity index (χ1) is 9.10. The molecule has 1 heterocycles. The minimum atomic E-state index is -0.131. The third kappa shape index (κ3) is 3.60. The molecule has 2 rings (SSSR count). The van der Waals surface area contributed by atoms with Crippen LogP contribution in [0.4, 0.5) is 10.8 Å². The molecule has 0 radical (unpaired) electrons. The maximum Gasteiger partial charge on any atom is 0.210 e. The van der Waals surface area contributed by atoms with Gasteiger partial charge in [0.15, 0.2) is 4.34 Å². The lowest BCUT2D eigenvalue weighted by molar-refractivity contribution is 1.01. The summed E-state index contributed by atoms with van der Waals surface area (Å²) in [5.74, 6) is 0. The van der Waals surface area contributed by atoms with E-state index in [9.17, 15) is 0 Å². The van der Waals surface area contributed by atoms with Crippen molar-refractivity contribution in [3.8, 4) is 6.07 Å². The number of aromatic nitrogens is 2. The summed E-state index contributed by atoms with van der Waals surface area (Å²) in [6, 6.07) is 7.82. The summed E-state index contributed by atoms with van der Waals surface area (Å²) in [6.07, 6.45) is 0. The third-order valence-electron chi connectivity index (χ3n) is 2.38. The lowest BCUT2D eigenvalue weighted by Gasteiger charge is -2.06. The average molecular weight is 311 g/mol. The van der Waals surface area contributed by atoms with Crippen molar-refractivity contribution in [3.63, 3.8) is 0 Å². The van der Waals surface area contributed by atoms with Crippen molar-refractivity contribution in [1.29, 1.82) is 5.26 Å². The second kappa shape index (κ2) is 6.24. The number of anilines is 2. The van der Waals surface area contributed by atoms with Crippen LogP contribution in [0.3, 0.4) is 0 Å². The zero-order chi connectivity index (χ0) is 13.8. The van der Waals surface area contributed by atoms with Crippen molar-refractivity contribution in [1.82, 2.24) is 10.2 Å². The number of hydrogen-bond acceptors (Lipinski definition) is 6. The summed E-state index contributed by atoms with van der Waals surface area (Å²) in [7, 11) is 0. The maximum atomic E-state index is 8.76. The van der Waals surface area contributed by atoms with Gasteiger partial charge in [-0.1, -0.05) is 40.8 Å². The number of nitriles is 1. The van der Waals surface area contributed by atoms with Crippen LogP contribution in [-0.2, 0) is 0 Å². The molecule has 1 N–H and O–H groups in total. The van der Waals surface area contributed by atoms with E-state index in [1.165, 1.54) is 23.1 Å². The molecular weight excluding hydrogens is 300 g/mol. The van der Waals surface area contributed by atoms with E-state index in [-0.39, 0.29) is 5.25 Å². The summed E-state index contributed by atoms with van der Waals surface area (Å²) in [6.45, 7) is 3.78. The molecule has 0 aliphatic rings. The van der Waals surface area contributed by atoms with Gasteiger partial charge in [-0.3, -0.25) is 0 Å². The number of thioether (sulfide) groups is 1. The van der Waals surface area contributed by atoms with E-state index in [0.29, 0.717) is 10.2 Å². The molecule has 0 spiro atoms. The van der Waals surface area contributed by atoms with Gasteiger partial charge in [-0.05, 0) is 31.5 Å². The molecule has 2 aromatic rings. The Hall–Kier alpha value is -1.29. The van der Waals surface area contributed by atoms with Gasteiger partial charge in [0.1, 0.15) is 0 Å². The zero-order valence-corrected chi connectivity index (χ0v) is 12.7. The molecular formula is C12H11ClN4S2. The summed E-state index contributed by atoms with van der Waals surface area (Å²) < 4.78 is 0.774. The molecule has 4 nitrogen and oxygen atoms in total. The monoisotopic (exact) mass is 310 g/mol. The highest BCUT2D eigenvalue weighted by Gasteiger charge is 2.10. The SMILES string of the molecule is Cc1c(Cl)cccc1Nc1nnc(SC(C)C#N)s1. The first-order valence-electron chi connectivity index (χ1n) is 5.52. The smallest absolute Gasteiger partial charge is 0.210 e. The molecule has 0 saturated heterocycles. The number of rotatable bonds is 4. The van der Waals surface area contributed by atoms with Gasteiger partial charge in [-0.2, -0.15) is 5.26 Å². The second-order valence-electron chi connectivity index (χ2n) is 3.80. The van der Waals surface area contributed by atoms with E-state index in [1.54, 1.807) is 0 Å². The quantitative estimate of drug-likeness (QED) is 0.855. The molecule has 0 bridgehead atoms. The maximum absolute atomic E-state index is 8.76. The van der Waals surface area contributed by atoms with E-state index in [1.807, 2.05) is 32.0 Å². The first kappa shape index (κ1) is 14.1. The van der Waals surface area contributed by atoms with E-state index in [2.05, 4.69) is 21.6 Å². The third-order valence-corrected chi connectivity index (χ3v) is 4.70. The Labute approximate surface area is 124 Å². The van der Waals surface area contributed by atoms with E-state index < -0.39 is 0 Å². The van der Waals surface area contributed by atoms with Crippen molar-refractivity contribution in [3.05, 3.63) is 28.8 Å². The summed E-state index contributed by atoms with van der Waals surface area (Å²) in [4.78, 5) is 0. The van der Waals surface area contributed by atoms with E-state index in [4.69, 9.17) is 16.9 Å². The lowest BCUT2D eigenvalue weighted by Crippen LogP contribution is -1.92. The van der Waals surface area contributed by atoms with Gasteiger partial charge in [-0.25, -0.2) is 0 Å².